The van der Waals surface area contributed by atoms with Crippen molar-refractivity contribution in [3.8, 4) is 5.75 Å². The summed E-state index contributed by atoms with van der Waals surface area (Å²) in [7, 11) is 0. The number of anilines is 1. The molecule has 3 aromatic rings. The van der Waals surface area contributed by atoms with Crippen LogP contribution >= 0.6 is 15.9 Å². The molecule has 0 fully saturated rings. The summed E-state index contributed by atoms with van der Waals surface area (Å²) in [4.78, 5) is 16.3. The van der Waals surface area contributed by atoms with E-state index in [0.717, 1.165) is 23.1 Å². The first-order chi connectivity index (χ1) is 12.6. The molecule has 0 saturated heterocycles. The highest BCUT2D eigenvalue weighted by atomic mass is 79.9. The standard InChI is InChI=1S/C20H19BrN2O3/c1-2-3-14-4-7-16(8-5-14)25-13-17-9-10-18(26-17)20(24)23-19-11-6-15(21)12-22-19/h4-12H,2-3,13H2,1H3,(H,22,23,24). The lowest BCUT2D eigenvalue weighted by molar-refractivity contribution is 0.0992. The zero-order valence-corrected chi connectivity index (χ0v) is 16.0. The largest absolute Gasteiger partial charge is 0.486 e. The van der Waals surface area contributed by atoms with Gasteiger partial charge in [0.25, 0.3) is 5.91 Å². The lowest BCUT2D eigenvalue weighted by Gasteiger charge is -2.05. The van der Waals surface area contributed by atoms with E-state index in [0.29, 0.717) is 11.6 Å². The normalized spacial score (nSPS) is 10.5. The third-order valence-corrected chi connectivity index (χ3v) is 4.17. The summed E-state index contributed by atoms with van der Waals surface area (Å²) in [5.41, 5.74) is 1.29. The van der Waals surface area contributed by atoms with Crippen molar-refractivity contribution in [1.82, 2.24) is 4.98 Å². The molecule has 0 unspecified atom stereocenters. The van der Waals surface area contributed by atoms with Crippen LogP contribution in [0.5, 0.6) is 5.75 Å². The van der Waals surface area contributed by atoms with Crippen molar-refractivity contribution in [3.05, 3.63) is 76.3 Å². The van der Waals surface area contributed by atoms with Crippen LogP contribution in [0, 0.1) is 0 Å². The number of ether oxygens (including phenoxy) is 1. The predicted octanol–water partition coefficient (Wildman–Crippen LogP) is 5.22. The highest BCUT2D eigenvalue weighted by molar-refractivity contribution is 9.10. The van der Waals surface area contributed by atoms with Gasteiger partial charge in [-0.1, -0.05) is 25.5 Å². The molecule has 5 nitrogen and oxygen atoms in total. The molecule has 0 atom stereocenters. The van der Waals surface area contributed by atoms with Gasteiger partial charge in [-0.05, 0) is 64.3 Å². The Kier molecular flexibility index (Phi) is 6.07. The first kappa shape index (κ1) is 18.2. The lowest BCUT2D eigenvalue weighted by atomic mass is 10.1. The Bertz CT molecular complexity index is 858. The highest BCUT2D eigenvalue weighted by Gasteiger charge is 2.12. The first-order valence-corrected chi connectivity index (χ1v) is 9.16. The molecule has 0 spiro atoms. The minimum absolute atomic E-state index is 0.214. The third kappa shape index (κ3) is 4.95. The number of rotatable bonds is 7. The average molecular weight is 415 g/mol. The summed E-state index contributed by atoms with van der Waals surface area (Å²) in [6.45, 7) is 2.42. The van der Waals surface area contributed by atoms with E-state index >= 15 is 0 Å². The number of carbonyl (C=O) groups is 1. The van der Waals surface area contributed by atoms with Crippen LogP contribution in [0.4, 0.5) is 5.82 Å². The van der Waals surface area contributed by atoms with Gasteiger partial charge in [0.2, 0.25) is 0 Å². The van der Waals surface area contributed by atoms with Gasteiger partial charge in [-0.2, -0.15) is 0 Å². The van der Waals surface area contributed by atoms with E-state index in [1.165, 1.54) is 5.56 Å². The SMILES string of the molecule is CCCc1ccc(OCc2ccc(C(=O)Nc3ccc(Br)cn3)o2)cc1. The maximum atomic E-state index is 12.2. The van der Waals surface area contributed by atoms with Crippen molar-refractivity contribution in [2.75, 3.05) is 5.32 Å². The molecule has 1 N–H and O–H groups in total. The Morgan fingerprint density at radius 3 is 2.65 bits per heavy atom. The van der Waals surface area contributed by atoms with Crippen LogP contribution in [0.3, 0.4) is 0 Å². The average Bonchev–Trinajstić information content (AvgIpc) is 3.12. The topological polar surface area (TPSA) is 64.4 Å². The lowest BCUT2D eigenvalue weighted by Crippen LogP contribution is -2.11. The quantitative estimate of drug-likeness (QED) is 0.575. The number of halogens is 1. The number of benzene rings is 1. The molecule has 1 amide bonds. The molecular formula is C20H19BrN2O3. The van der Waals surface area contributed by atoms with Gasteiger partial charge in [0.05, 0.1) is 0 Å². The molecule has 0 saturated carbocycles. The molecule has 134 valence electrons. The van der Waals surface area contributed by atoms with E-state index < -0.39 is 0 Å². The molecule has 6 heteroatoms. The molecular weight excluding hydrogens is 396 g/mol. The Morgan fingerprint density at radius 2 is 1.96 bits per heavy atom. The Balaban J connectivity index is 1.55. The fraction of sp³-hybridized carbons (Fsp3) is 0.200. The molecule has 0 aliphatic heterocycles. The molecule has 0 bridgehead atoms. The van der Waals surface area contributed by atoms with E-state index in [1.807, 2.05) is 12.1 Å². The van der Waals surface area contributed by atoms with Gasteiger partial charge < -0.3 is 14.5 Å². The molecule has 0 radical (unpaired) electrons. The van der Waals surface area contributed by atoms with E-state index in [2.05, 4.69) is 45.3 Å². The zero-order chi connectivity index (χ0) is 18.4. The van der Waals surface area contributed by atoms with Crippen LogP contribution in [-0.2, 0) is 13.0 Å². The summed E-state index contributed by atoms with van der Waals surface area (Å²) in [5, 5.41) is 2.69. The van der Waals surface area contributed by atoms with Gasteiger partial charge >= 0.3 is 0 Å². The summed E-state index contributed by atoms with van der Waals surface area (Å²) in [5.74, 6) is 1.67. The van der Waals surface area contributed by atoms with Crippen LogP contribution in [0.25, 0.3) is 0 Å². The highest BCUT2D eigenvalue weighted by Crippen LogP contribution is 2.17. The Morgan fingerprint density at radius 1 is 1.15 bits per heavy atom. The number of hydrogen-bond acceptors (Lipinski definition) is 4. The Hall–Kier alpha value is -2.60. The number of aryl methyl sites for hydroxylation is 1. The maximum absolute atomic E-state index is 12.2. The number of amides is 1. The second-order valence-electron chi connectivity index (χ2n) is 5.76. The van der Waals surface area contributed by atoms with Crippen LogP contribution in [0.15, 0.2) is 63.6 Å². The molecule has 26 heavy (non-hydrogen) atoms. The van der Waals surface area contributed by atoms with E-state index in [9.17, 15) is 4.79 Å². The number of nitrogens with zero attached hydrogens (tertiary/aromatic N) is 1. The van der Waals surface area contributed by atoms with Gasteiger partial charge in [-0.3, -0.25) is 4.79 Å². The van der Waals surface area contributed by atoms with Gasteiger partial charge in [-0.15, -0.1) is 0 Å². The summed E-state index contributed by atoms with van der Waals surface area (Å²) >= 11 is 3.30. The fourth-order valence-corrected chi connectivity index (χ4v) is 2.64. The number of nitrogens with one attached hydrogen (secondary N) is 1. The van der Waals surface area contributed by atoms with Crippen molar-refractivity contribution in [3.63, 3.8) is 0 Å². The van der Waals surface area contributed by atoms with Crippen molar-refractivity contribution < 1.29 is 13.9 Å². The number of hydrogen-bond donors (Lipinski definition) is 1. The monoisotopic (exact) mass is 414 g/mol. The van der Waals surface area contributed by atoms with Crippen molar-refractivity contribution in [2.45, 2.75) is 26.4 Å². The number of carbonyl (C=O) groups excluding carboxylic acids is 1. The zero-order valence-electron chi connectivity index (χ0n) is 14.4. The van der Waals surface area contributed by atoms with Crippen LogP contribution in [-0.4, -0.2) is 10.9 Å². The minimum atomic E-state index is -0.352. The van der Waals surface area contributed by atoms with Gasteiger partial charge in [0, 0.05) is 10.7 Å². The van der Waals surface area contributed by atoms with Gasteiger partial charge in [0.1, 0.15) is 23.9 Å². The van der Waals surface area contributed by atoms with Crippen molar-refractivity contribution >= 4 is 27.7 Å². The first-order valence-electron chi connectivity index (χ1n) is 8.37. The molecule has 0 aliphatic rings. The smallest absolute Gasteiger partial charge is 0.292 e. The van der Waals surface area contributed by atoms with Crippen molar-refractivity contribution in [2.24, 2.45) is 0 Å². The molecule has 2 heterocycles. The molecule has 0 aliphatic carbocycles. The molecule has 3 rings (SSSR count). The van der Waals surface area contributed by atoms with Crippen LogP contribution in [0.1, 0.15) is 35.2 Å². The Labute approximate surface area is 160 Å². The predicted molar refractivity (Wildman–Crippen MR) is 103 cm³/mol. The number of furan rings is 1. The second-order valence-corrected chi connectivity index (χ2v) is 6.68. The second kappa shape index (κ2) is 8.67. The summed E-state index contributed by atoms with van der Waals surface area (Å²) in [6.07, 6.45) is 3.79. The van der Waals surface area contributed by atoms with E-state index in [4.69, 9.17) is 9.15 Å². The number of pyridine rings is 1. The van der Waals surface area contributed by atoms with Crippen LogP contribution < -0.4 is 10.1 Å². The van der Waals surface area contributed by atoms with E-state index in [-0.39, 0.29) is 18.3 Å². The third-order valence-electron chi connectivity index (χ3n) is 3.70. The van der Waals surface area contributed by atoms with Crippen LogP contribution in [0.2, 0.25) is 0 Å². The maximum Gasteiger partial charge on any atom is 0.292 e. The van der Waals surface area contributed by atoms with Crippen molar-refractivity contribution in [1.29, 1.82) is 0 Å². The van der Waals surface area contributed by atoms with Gasteiger partial charge in [0.15, 0.2) is 5.76 Å². The molecule has 2 aromatic heterocycles. The minimum Gasteiger partial charge on any atom is -0.486 e. The summed E-state index contributed by atoms with van der Waals surface area (Å²) < 4.78 is 12.1. The van der Waals surface area contributed by atoms with Gasteiger partial charge in [-0.25, -0.2) is 4.98 Å². The number of aromatic nitrogens is 1. The summed E-state index contributed by atoms with van der Waals surface area (Å²) in [6, 6.07) is 14.9. The molecule has 1 aromatic carbocycles. The fourth-order valence-electron chi connectivity index (χ4n) is 2.40. The van der Waals surface area contributed by atoms with E-state index in [1.54, 1.807) is 30.5 Å².